The average molecular weight is 416 g/mol. The van der Waals surface area contributed by atoms with Crippen molar-refractivity contribution in [2.24, 2.45) is 5.92 Å². The zero-order valence-corrected chi connectivity index (χ0v) is 18.7. The van der Waals surface area contributed by atoms with Gasteiger partial charge in [-0.15, -0.1) is 0 Å². The van der Waals surface area contributed by atoms with Crippen molar-refractivity contribution in [1.82, 2.24) is 14.7 Å². The Balaban J connectivity index is 1.71. The molecular weight excluding hydrogens is 382 g/mol. The fraction of sp³-hybridized carbons (Fsp3) is 0.609. The maximum atomic E-state index is 13.4. The van der Waals surface area contributed by atoms with E-state index in [0.717, 1.165) is 11.1 Å². The molecule has 0 spiro atoms. The second-order valence-electron chi connectivity index (χ2n) is 9.32. The molecule has 2 aliphatic rings. The highest BCUT2D eigenvalue weighted by Crippen LogP contribution is 2.38. The van der Waals surface area contributed by atoms with Crippen molar-refractivity contribution in [3.05, 3.63) is 35.4 Å². The summed E-state index contributed by atoms with van der Waals surface area (Å²) in [6.45, 7) is 9.58. The van der Waals surface area contributed by atoms with E-state index in [1.54, 1.807) is 16.8 Å². The van der Waals surface area contributed by atoms with Gasteiger partial charge in [0.25, 0.3) is 0 Å². The van der Waals surface area contributed by atoms with Gasteiger partial charge in [0.1, 0.15) is 5.60 Å². The molecular formula is C23H33N3O4. The Hall–Kier alpha value is -2.57. The van der Waals surface area contributed by atoms with Crippen molar-refractivity contribution in [3.63, 3.8) is 0 Å². The summed E-state index contributed by atoms with van der Waals surface area (Å²) in [4.78, 5) is 43.4. The van der Waals surface area contributed by atoms with E-state index in [9.17, 15) is 14.4 Å². The van der Waals surface area contributed by atoms with E-state index in [4.69, 9.17) is 4.74 Å². The number of likely N-dealkylation sites (tertiary alicyclic amines) is 1. The maximum Gasteiger partial charge on any atom is 0.410 e. The molecule has 1 aromatic carbocycles. The first-order valence-electron chi connectivity index (χ1n) is 10.7. The summed E-state index contributed by atoms with van der Waals surface area (Å²) in [7, 11) is 1.77. The van der Waals surface area contributed by atoms with Crippen LogP contribution in [0.2, 0.25) is 0 Å². The number of carbonyl (C=O) groups is 3. The van der Waals surface area contributed by atoms with Crippen LogP contribution in [0.3, 0.4) is 0 Å². The van der Waals surface area contributed by atoms with Gasteiger partial charge in [0, 0.05) is 39.6 Å². The molecule has 30 heavy (non-hydrogen) atoms. The molecule has 2 heterocycles. The number of amides is 3. The third kappa shape index (κ3) is 4.94. The van der Waals surface area contributed by atoms with Crippen LogP contribution >= 0.6 is 0 Å². The van der Waals surface area contributed by atoms with E-state index < -0.39 is 11.5 Å². The molecule has 0 bridgehead atoms. The first-order chi connectivity index (χ1) is 14.1. The predicted octanol–water partition coefficient (Wildman–Crippen LogP) is 2.98. The molecule has 0 aromatic heterocycles. The van der Waals surface area contributed by atoms with Crippen LogP contribution in [0, 0.1) is 12.8 Å². The van der Waals surface area contributed by atoms with Crippen LogP contribution < -0.4 is 0 Å². The summed E-state index contributed by atoms with van der Waals surface area (Å²) >= 11 is 0. The van der Waals surface area contributed by atoms with Crippen molar-refractivity contribution in [3.8, 4) is 0 Å². The lowest BCUT2D eigenvalue weighted by atomic mass is 9.92. The van der Waals surface area contributed by atoms with Crippen LogP contribution in [-0.4, -0.2) is 71.4 Å². The van der Waals surface area contributed by atoms with Crippen LogP contribution in [0.1, 0.15) is 50.8 Å². The highest BCUT2D eigenvalue weighted by Gasteiger charge is 2.44. The molecule has 0 aliphatic carbocycles. The molecule has 7 nitrogen and oxygen atoms in total. The zero-order chi connectivity index (χ0) is 22.1. The maximum absolute atomic E-state index is 13.4. The molecule has 0 radical (unpaired) electrons. The predicted molar refractivity (Wildman–Crippen MR) is 114 cm³/mol. The van der Waals surface area contributed by atoms with E-state index in [2.05, 4.69) is 0 Å². The van der Waals surface area contributed by atoms with E-state index >= 15 is 0 Å². The molecule has 164 valence electrons. The summed E-state index contributed by atoms with van der Waals surface area (Å²) < 4.78 is 5.47. The van der Waals surface area contributed by atoms with E-state index in [-0.39, 0.29) is 30.4 Å². The minimum atomic E-state index is -0.547. The van der Waals surface area contributed by atoms with Gasteiger partial charge >= 0.3 is 6.09 Å². The Kier molecular flexibility index (Phi) is 6.38. The smallest absolute Gasteiger partial charge is 0.410 e. The molecule has 2 saturated heterocycles. The van der Waals surface area contributed by atoms with Crippen molar-refractivity contribution in [2.45, 2.75) is 52.2 Å². The van der Waals surface area contributed by atoms with Gasteiger partial charge in [-0.1, -0.05) is 29.8 Å². The number of aryl methyl sites for hydroxylation is 1. The molecule has 2 atom stereocenters. The second-order valence-corrected chi connectivity index (χ2v) is 9.32. The van der Waals surface area contributed by atoms with Gasteiger partial charge in [-0.25, -0.2) is 4.79 Å². The fourth-order valence-electron chi connectivity index (χ4n) is 4.19. The third-order valence-electron chi connectivity index (χ3n) is 5.78. The number of nitrogens with zero attached hydrogens (tertiary/aromatic N) is 3. The van der Waals surface area contributed by atoms with Gasteiger partial charge in [0.2, 0.25) is 11.8 Å². The van der Waals surface area contributed by atoms with Crippen molar-refractivity contribution in [2.75, 3.05) is 33.2 Å². The Bertz CT molecular complexity index is 800. The Morgan fingerprint density at radius 2 is 1.60 bits per heavy atom. The summed E-state index contributed by atoms with van der Waals surface area (Å²) in [5.41, 5.74) is 1.58. The topological polar surface area (TPSA) is 70.2 Å². The molecule has 7 heteroatoms. The summed E-state index contributed by atoms with van der Waals surface area (Å²) in [6, 6.07) is 7.77. The number of carbonyl (C=O) groups excluding carboxylic acids is 3. The van der Waals surface area contributed by atoms with Crippen LogP contribution in [0.4, 0.5) is 4.79 Å². The van der Waals surface area contributed by atoms with Gasteiger partial charge in [0.15, 0.2) is 0 Å². The Morgan fingerprint density at radius 1 is 1.00 bits per heavy atom. The Labute approximate surface area is 179 Å². The largest absolute Gasteiger partial charge is 0.444 e. The highest BCUT2D eigenvalue weighted by molar-refractivity contribution is 5.90. The molecule has 3 amide bonds. The lowest BCUT2D eigenvalue weighted by Gasteiger charge is -2.29. The monoisotopic (exact) mass is 415 g/mol. The third-order valence-corrected chi connectivity index (χ3v) is 5.78. The quantitative estimate of drug-likeness (QED) is 0.745. The number of hydrogen-bond donors (Lipinski definition) is 0. The highest BCUT2D eigenvalue weighted by atomic mass is 16.6. The number of benzene rings is 1. The van der Waals surface area contributed by atoms with Gasteiger partial charge in [-0.3, -0.25) is 9.59 Å². The van der Waals surface area contributed by atoms with Crippen molar-refractivity contribution in [1.29, 1.82) is 0 Å². The van der Waals surface area contributed by atoms with Crippen molar-refractivity contribution >= 4 is 17.9 Å². The summed E-state index contributed by atoms with van der Waals surface area (Å²) in [5, 5.41) is 0. The van der Waals surface area contributed by atoms with Crippen molar-refractivity contribution < 1.29 is 19.1 Å². The van der Waals surface area contributed by atoms with Gasteiger partial charge in [0.05, 0.1) is 12.0 Å². The minimum Gasteiger partial charge on any atom is -0.444 e. The lowest BCUT2D eigenvalue weighted by Crippen LogP contribution is -2.42. The molecule has 2 fully saturated rings. The summed E-state index contributed by atoms with van der Waals surface area (Å²) in [6.07, 6.45) is 0.571. The molecule has 0 N–H and O–H groups in total. The van der Waals surface area contributed by atoms with E-state index in [1.165, 1.54) is 0 Å². The number of hydrogen-bond acceptors (Lipinski definition) is 4. The SMILES string of the molecule is Cc1ccc(C2C(C(=O)N3CCCN(C(=O)OC(C)(C)C)CC3)CC(=O)N2C)cc1. The Morgan fingerprint density at radius 3 is 2.23 bits per heavy atom. The normalized spacial score (nSPS) is 22.8. The molecule has 1 aromatic rings. The lowest BCUT2D eigenvalue weighted by molar-refractivity contribution is -0.136. The van der Waals surface area contributed by atoms with Crippen LogP contribution in [0.25, 0.3) is 0 Å². The number of rotatable bonds is 2. The average Bonchev–Trinajstić information content (AvgIpc) is 2.85. The summed E-state index contributed by atoms with van der Waals surface area (Å²) in [5.74, 6) is -0.424. The first kappa shape index (κ1) is 22.1. The molecule has 2 unspecified atom stereocenters. The minimum absolute atomic E-state index is 0.00989. The zero-order valence-electron chi connectivity index (χ0n) is 18.7. The van der Waals surface area contributed by atoms with E-state index in [1.807, 2.05) is 56.9 Å². The van der Waals surface area contributed by atoms with E-state index in [0.29, 0.717) is 32.6 Å². The number of ether oxygens (including phenoxy) is 1. The standard InChI is InChI=1S/C23H33N3O4/c1-16-7-9-17(10-8-16)20-18(15-19(27)24(20)5)21(28)25-11-6-12-26(14-13-25)22(29)30-23(2,3)4/h7-10,18,20H,6,11-15H2,1-5H3. The van der Waals surface area contributed by atoms with Gasteiger partial charge < -0.3 is 19.4 Å². The van der Waals surface area contributed by atoms with Crippen LogP contribution in [0.15, 0.2) is 24.3 Å². The second kappa shape index (κ2) is 8.66. The van der Waals surface area contributed by atoms with Gasteiger partial charge in [-0.05, 0) is 39.7 Å². The first-order valence-corrected chi connectivity index (χ1v) is 10.7. The molecule has 2 aliphatic heterocycles. The molecule has 0 saturated carbocycles. The van der Waals surface area contributed by atoms with Crippen LogP contribution in [0.5, 0.6) is 0 Å². The fourth-order valence-corrected chi connectivity index (χ4v) is 4.19. The van der Waals surface area contributed by atoms with Crippen LogP contribution in [-0.2, 0) is 14.3 Å². The molecule has 3 rings (SSSR count). The van der Waals surface area contributed by atoms with Gasteiger partial charge in [-0.2, -0.15) is 0 Å².